The van der Waals surface area contributed by atoms with Crippen molar-refractivity contribution in [3.05, 3.63) is 53.9 Å². The van der Waals surface area contributed by atoms with Crippen molar-refractivity contribution in [1.29, 1.82) is 0 Å². The van der Waals surface area contributed by atoms with Gasteiger partial charge >= 0.3 is 0 Å². The number of aliphatic hydroxyl groups is 1. The fraction of sp³-hybridized carbons (Fsp3) is 0.412. The van der Waals surface area contributed by atoms with E-state index in [4.69, 9.17) is 0 Å². The molecule has 0 saturated carbocycles. The van der Waals surface area contributed by atoms with Crippen molar-refractivity contribution < 1.29 is 5.11 Å². The SMILES string of the molecule is CCCCCCc1ccn(-c2ccccc2)c1CO. The summed E-state index contributed by atoms with van der Waals surface area (Å²) in [4.78, 5) is 0. The Bertz CT molecular complexity index is 487. The van der Waals surface area contributed by atoms with Crippen molar-refractivity contribution >= 4 is 0 Å². The summed E-state index contributed by atoms with van der Waals surface area (Å²) in [5.74, 6) is 0. The van der Waals surface area contributed by atoms with Gasteiger partial charge in [0.25, 0.3) is 0 Å². The number of nitrogens with zero attached hydrogens (tertiary/aromatic N) is 1. The maximum atomic E-state index is 9.63. The van der Waals surface area contributed by atoms with E-state index in [0.29, 0.717) is 0 Å². The summed E-state index contributed by atoms with van der Waals surface area (Å²) in [7, 11) is 0. The lowest BCUT2D eigenvalue weighted by molar-refractivity contribution is 0.273. The average Bonchev–Trinajstić information content (AvgIpc) is 2.87. The van der Waals surface area contributed by atoms with Gasteiger partial charge < -0.3 is 9.67 Å². The Morgan fingerprint density at radius 3 is 2.47 bits per heavy atom. The number of hydrogen-bond donors (Lipinski definition) is 1. The van der Waals surface area contributed by atoms with E-state index in [9.17, 15) is 5.11 Å². The van der Waals surface area contributed by atoms with Crippen LogP contribution in [0, 0.1) is 0 Å². The van der Waals surface area contributed by atoms with Crippen molar-refractivity contribution in [3.8, 4) is 5.69 Å². The normalized spacial score (nSPS) is 10.8. The van der Waals surface area contributed by atoms with Gasteiger partial charge in [0, 0.05) is 11.9 Å². The van der Waals surface area contributed by atoms with Gasteiger partial charge in [-0.15, -0.1) is 0 Å². The van der Waals surface area contributed by atoms with Crippen LogP contribution in [0.4, 0.5) is 0 Å². The first-order valence-corrected chi connectivity index (χ1v) is 7.22. The molecule has 0 spiro atoms. The molecule has 2 heteroatoms. The molecule has 0 aliphatic rings. The maximum Gasteiger partial charge on any atom is 0.0839 e. The number of unbranched alkanes of at least 4 members (excludes halogenated alkanes) is 3. The highest BCUT2D eigenvalue weighted by molar-refractivity contribution is 5.37. The fourth-order valence-electron chi connectivity index (χ4n) is 2.48. The molecule has 0 aliphatic heterocycles. The molecule has 0 unspecified atom stereocenters. The molecule has 2 nitrogen and oxygen atoms in total. The lowest BCUT2D eigenvalue weighted by Crippen LogP contribution is -2.01. The van der Waals surface area contributed by atoms with E-state index in [0.717, 1.165) is 17.8 Å². The van der Waals surface area contributed by atoms with Crippen LogP contribution in [0.3, 0.4) is 0 Å². The second-order valence-corrected chi connectivity index (χ2v) is 4.96. The molecule has 0 aliphatic carbocycles. The highest BCUT2D eigenvalue weighted by atomic mass is 16.3. The number of aryl methyl sites for hydroxylation is 1. The summed E-state index contributed by atoms with van der Waals surface area (Å²) in [6, 6.07) is 12.3. The Balaban J connectivity index is 2.12. The lowest BCUT2D eigenvalue weighted by atomic mass is 10.1. The predicted octanol–water partition coefficient (Wildman–Crippen LogP) is 4.09. The van der Waals surface area contributed by atoms with Crippen LogP contribution in [0.2, 0.25) is 0 Å². The summed E-state index contributed by atoms with van der Waals surface area (Å²) in [5, 5.41) is 9.63. The van der Waals surface area contributed by atoms with Crippen molar-refractivity contribution in [2.24, 2.45) is 0 Å². The van der Waals surface area contributed by atoms with Gasteiger partial charge in [0.2, 0.25) is 0 Å². The molecule has 1 aromatic carbocycles. The number of benzene rings is 1. The van der Waals surface area contributed by atoms with Gasteiger partial charge in [-0.3, -0.25) is 0 Å². The van der Waals surface area contributed by atoms with Crippen LogP contribution in [0.25, 0.3) is 5.69 Å². The Morgan fingerprint density at radius 1 is 1.00 bits per heavy atom. The zero-order valence-corrected chi connectivity index (χ0v) is 11.7. The molecule has 0 amide bonds. The van der Waals surface area contributed by atoms with Crippen LogP contribution in [0.15, 0.2) is 42.6 Å². The molecule has 1 heterocycles. The highest BCUT2D eigenvalue weighted by Gasteiger charge is 2.09. The molecule has 0 radical (unpaired) electrons. The first-order chi connectivity index (χ1) is 9.36. The largest absolute Gasteiger partial charge is 0.390 e. The smallest absolute Gasteiger partial charge is 0.0839 e. The molecule has 102 valence electrons. The predicted molar refractivity (Wildman–Crippen MR) is 79.5 cm³/mol. The van der Waals surface area contributed by atoms with Crippen LogP contribution in [-0.2, 0) is 13.0 Å². The van der Waals surface area contributed by atoms with Crippen molar-refractivity contribution in [2.75, 3.05) is 0 Å². The molecule has 2 rings (SSSR count). The number of aliphatic hydroxyl groups excluding tert-OH is 1. The van der Waals surface area contributed by atoms with E-state index in [-0.39, 0.29) is 6.61 Å². The van der Waals surface area contributed by atoms with Crippen molar-refractivity contribution in [1.82, 2.24) is 4.57 Å². The maximum absolute atomic E-state index is 9.63. The van der Waals surface area contributed by atoms with E-state index in [1.54, 1.807) is 0 Å². The number of hydrogen-bond acceptors (Lipinski definition) is 1. The van der Waals surface area contributed by atoms with Crippen LogP contribution in [0.1, 0.15) is 43.9 Å². The highest BCUT2D eigenvalue weighted by Crippen LogP contribution is 2.19. The molecule has 1 aromatic heterocycles. The van der Waals surface area contributed by atoms with Gasteiger partial charge in [0.15, 0.2) is 0 Å². The zero-order chi connectivity index (χ0) is 13.5. The Labute approximate surface area is 115 Å². The van der Waals surface area contributed by atoms with Crippen LogP contribution >= 0.6 is 0 Å². The molecule has 0 saturated heterocycles. The lowest BCUT2D eigenvalue weighted by Gasteiger charge is -2.09. The van der Waals surface area contributed by atoms with Gasteiger partial charge in [0.1, 0.15) is 0 Å². The van der Waals surface area contributed by atoms with E-state index in [2.05, 4.69) is 35.9 Å². The Hall–Kier alpha value is -1.54. The standard InChI is InChI=1S/C17H23NO/c1-2-3-4-6-9-15-12-13-18(17(15)14-19)16-10-7-5-8-11-16/h5,7-8,10-13,19H,2-4,6,9,14H2,1H3. The van der Waals surface area contributed by atoms with Crippen molar-refractivity contribution in [2.45, 2.75) is 45.6 Å². The van der Waals surface area contributed by atoms with Gasteiger partial charge in [-0.2, -0.15) is 0 Å². The van der Waals surface area contributed by atoms with E-state index < -0.39 is 0 Å². The van der Waals surface area contributed by atoms with E-state index in [1.165, 1.54) is 31.2 Å². The molecule has 1 N–H and O–H groups in total. The monoisotopic (exact) mass is 257 g/mol. The summed E-state index contributed by atoms with van der Waals surface area (Å²) >= 11 is 0. The minimum Gasteiger partial charge on any atom is -0.390 e. The molecule has 0 fully saturated rings. The molecule has 19 heavy (non-hydrogen) atoms. The molecular weight excluding hydrogens is 234 g/mol. The van der Waals surface area contributed by atoms with Crippen LogP contribution in [-0.4, -0.2) is 9.67 Å². The van der Waals surface area contributed by atoms with E-state index in [1.807, 2.05) is 18.2 Å². The van der Waals surface area contributed by atoms with Gasteiger partial charge in [-0.05, 0) is 36.6 Å². The molecule has 0 atom stereocenters. The third-order valence-electron chi connectivity index (χ3n) is 3.57. The molecule has 2 aromatic rings. The summed E-state index contributed by atoms with van der Waals surface area (Å²) in [6.45, 7) is 2.33. The van der Waals surface area contributed by atoms with Crippen molar-refractivity contribution in [3.63, 3.8) is 0 Å². The second kappa shape index (κ2) is 7.15. The minimum atomic E-state index is 0.102. The number of para-hydroxylation sites is 1. The third kappa shape index (κ3) is 3.48. The third-order valence-corrected chi connectivity index (χ3v) is 3.57. The van der Waals surface area contributed by atoms with E-state index >= 15 is 0 Å². The zero-order valence-electron chi connectivity index (χ0n) is 11.7. The first-order valence-electron chi connectivity index (χ1n) is 7.22. The Morgan fingerprint density at radius 2 is 1.79 bits per heavy atom. The summed E-state index contributed by atoms with van der Waals surface area (Å²) in [5.41, 5.74) is 3.43. The summed E-state index contributed by atoms with van der Waals surface area (Å²) < 4.78 is 2.09. The topological polar surface area (TPSA) is 25.2 Å². The summed E-state index contributed by atoms with van der Waals surface area (Å²) in [6.07, 6.45) is 8.18. The number of rotatable bonds is 7. The molecular formula is C17H23NO. The Kier molecular flexibility index (Phi) is 5.22. The number of aromatic nitrogens is 1. The quantitative estimate of drug-likeness (QED) is 0.742. The second-order valence-electron chi connectivity index (χ2n) is 4.96. The van der Waals surface area contributed by atoms with Crippen LogP contribution in [0.5, 0.6) is 0 Å². The average molecular weight is 257 g/mol. The minimum absolute atomic E-state index is 0.102. The molecule has 0 bridgehead atoms. The first kappa shape index (κ1) is 13.9. The van der Waals surface area contributed by atoms with Crippen LogP contribution < -0.4 is 0 Å². The van der Waals surface area contributed by atoms with Gasteiger partial charge in [-0.25, -0.2) is 0 Å². The fourth-order valence-corrected chi connectivity index (χ4v) is 2.48. The van der Waals surface area contributed by atoms with Gasteiger partial charge in [-0.1, -0.05) is 44.4 Å². The van der Waals surface area contributed by atoms with Gasteiger partial charge in [0.05, 0.1) is 12.3 Å².